The lowest BCUT2D eigenvalue weighted by atomic mass is 10.1. The number of amides is 1. The van der Waals surface area contributed by atoms with Gasteiger partial charge >= 0.3 is 5.69 Å². The van der Waals surface area contributed by atoms with Gasteiger partial charge in [0.15, 0.2) is 0 Å². The predicted octanol–water partition coefficient (Wildman–Crippen LogP) is 3.55. The van der Waals surface area contributed by atoms with E-state index in [9.17, 15) is 18.8 Å². The van der Waals surface area contributed by atoms with Gasteiger partial charge < -0.3 is 5.32 Å². The minimum absolute atomic E-state index is 0.146. The summed E-state index contributed by atoms with van der Waals surface area (Å²) in [5, 5.41) is 4.42. The number of anilines is 1. The van der Waals surface area contributed by atoms with Gasteiger partial charge in [-0.1, -0.05) is 31.2 Å². The summed E-state index contributed by atoms with van der Waals surface area (Å²) in [6.45, 7) is 1.73. The quantitative estimate of drug-likeness (QED) is 0.534. The number of para-hydroxylation sites is 1. The van der Waals surface area contributed by atoms with E-state index < -0.39 is 23.0 Å². The van der Waals surface area contributed by atoms with E-state index in [1.807, 2.05) is 19.1 Å². The van der Waals surface area contributed by atoms with Crippen LogP contribution < -0.4 is 16.6 Å². The molecule has 0 spiro atoms. The van der Waals surface area contributed by atoms with Crippen LogP contribution in [-0.4, -0.2) is 15.0 Å². The molecular weight excluding hydrogens is 405 g/mol. The summed E-state index contributed by atoms with van der Waals surface area (Å²) in [6.07, 6.45) is 0.886. The van der Waals surface area contributed by atoms with Crippen LogP contribution in [0.1, 0.15) is 12.5 Å². The largest absolute Gasteiger partial charge is 0.336 e. The Hall–Kier alpha value is -3.52. The minimum atomic E-state index is -0.771. The first kappa shape index (κ1) is 19.8. The zero-order valence-corrected chi connectivity index (χ0v) is 16.9. The van der Waals surface area contributed by atoms with Gasteiger partial charge in [-0.05, 0) is 47.7 Å². The second kappa shape index (κ2) is 8.08. The Morgan fingerprint density at radius 1 is 1.07 bits per heavy atom. The van der Waals surface area contributed by atoms with Gasteiger partial charge in [0.05, 0.1) is 11.2 Å². The molecule has 4 rings (SSSR count). The molecule has 2 heterocycles. The van der Waals surface area contributed by atoms with Gasteiger partial charge in [-0.15, -0.1) is 11.3 Å². The summed E-state index contributed by atoms with van der Waals surface area (Å²) in [5.74, 6) is -1.12. The second-order valence-electron chi connectivity index (χ2n) is 6.69. The van der Waals surface area contributed by atoms with Crippen LogP contribution in [0.15, 0.2) is 69.6 Å². The maximum absolute atomic E-state index is 14.3. The molecule has 0 unspecified atom stereocenters. The molecule has 152 valence electrons. The number of rotatable bonds is 5. The summed E-state index contributed by atoms with van der Waals surface area (Å²) < 4.78 is 16.6. The number of nitrogens with zero attached hydrogens (tertiary/aromatic N) is 2. The van der Waals surface area contributed by atoms with E-state index in [1.54, 1.807) is 29.6 Å². The number of hydrogen-bond donors (Lipinski definition) is 1. The number of hydrogen-bond acceptors (Lipinski definition) is 4. The number of thiophene rings is 1. The van der Waals surface area contributed by atoms with E-state index in [1.165, 1.54) is 22.8 Å². The van der Waals surface area contributed by atoms with Crippen molar-refractivity contribution in [3.63, 3.8) is 0 Å². The van der Waals surface area contributed by atoms with Gasteiger partial charge in [0, 0.05) is 5.69 Å². The molecule has 0 aliphatic rings. The molecule has 6 nitrogen and oxygen atoms in total. The van der Waals surface area contributed by atoms with Crippen molar-refractivity contribution in [3.8, 4) is 5.69 Å². The average Bonchev–Trinajstić information content (AvgIpc) is 3.23. The normalized spacial score (nSPS) is 11.0. The van der Waals surface area contributed by atoms with Crippen molar-refractivity contribution < 1.29 is 9.18 Å². The Balaban J connectivity index is 1.76. The molecule has 0 radical (unpaired) electrons. The lowest BCUT2D eigenvalue weighted by Gasteiger charge is -2.13. The first-order chi connectivity index (χ1) is 14.5. The summed E-state index contributed by atoms with van der Waals surface area (Å²) in [7, 11) is 0. The van der Waals surface area contributed by atoms with Gasteiger partial charge in [0.2, 0.25) is 5.91 Å². The summed E-state index contributed by atoms with van der Waals surface area (Å²) in [4.78, 5) is 38.6. The van der Waals surface area contributed by atoms with Crippen LogP contribution in [0, 0.1) is 5.82 Å². The number of nitrogens with one attached hydrogen (secondary N) is 1. The lowest BCUT2D eigenvalue weighted by molar-refractivity contribution is -0.116. The average molecular weight is 423 g/mol. The van der Waals surface area contributed by atoms with Crippen LogP contribution >= 0.6 is 11.3 Å². The topological polar surface area (TPSA) is 73.1 Å². The smallest absolute Gasteiger partial charge is 0.325 e. The van der Waals surface area contributed by atoms with E-state index >= 15 is 0 Å². The summed E-state index contributed by atoms with van der Waals surface area (Å²) in [5.41, 5.74) is 0.566. The van der Waals surface area contributed by atoms with Crippen molar-refractivity contribution in [3.05, 3.63) is 92.2 Å². The summed E-state index contributed by atoms with van der Waals surface area (Å²) in [6, 6.07) is 14.6. The molecule has 0 bridgehead atoms. The minimum Gasteiger partial charge on any atom is -0.325 e. The molecule has 0 saturated carbocycles. The molecule has 1 N–H and O–H groups in total. The van der Waals surface area contributed by atoms with Gasteiger partial charge in [0.1, 0.15) is 17.1 Å². The molecule has 30 heavy (non-hydrogen) atoms. The number of benzene rings is 2. The van der Waals surface area contributed by atoms with Crippen LogP contribution in [0.3, 0.4) is 0 Å². The number of carbonyl (C=O) groups is 1. The van der Waals surface area contributed by atoms with Crippen LogP contribution in [0.25, 0.3) is 15.9 Å². The molecule has 0 atom stereocenters. The zero-order valence-electron chi connectivity index (χ0n) is 16.1. The number of aryl methyl sites for hydroxylation is 1. The second-order valence-corrected chi connectivity index (χ2v) is 7.61. The summed E-state index contributed by atoms with van der Waals surface area (Å²) >= 11 is 1.14. The SMILES string of the molecule is CCc1ccc(NC(=O)Cn2c(=O)n(-c3ccccc3F)c(=O)c3sccc32)cc1. The van der Waals surface area contributed by atoms with E-state index in [0.717, 1.165) is 27.9 Å². The van der Waals surface area contributed by atoms with E-state index in [-0.39, 0.29) is 16.9 Å². The number of aromatic nitrogens is 2. The fraction of sp³-hybridized carbons (Fsp3) is 0.136. The van der Waals surface area contributed by atoms with Gasteiger partial charge in [-0.2, -0.15) is 0 Å². The highest BCUT2D eigenvalue weighted by Crippen LogP contribution is 2.18. The molecule has 0 saturated heterocycles. The lowest BCUT2D eigenvalue weighted by Crippen LogP contribution is -2.40. The third-order valence-corrected chi connectivity index (χ3v) is 5.69. The Morgan fingerprint density at radius 3 is 2.50 bits per heavy atom. The standard InChI is InChI=1S/C22H18FN3O3S/c1-2-14-7-9-15(10-8-14)24-19(27)13-25-18-11-12-30-20(18)21(28)26(22(25)29)17-6-4-3-5-16(17)23/h3-12H,2,13H2,1H3,(H,24,27). The zero-order chi connectivity index (χ0) is 21.3. The highest BCUT2D eigenvalue weighted by atomic mass is 32.1. The molecular formula is C22H18FN3O3S. The van der Waals surface area contributed by atoms with E-state index in [4.69, 9.17) is 0 Å². The fourth-order valence-electron chi connectivity index (χ4n) is 3.25. The molecule has 0 fully saturated rings. The van der Waals surface area contributed by atoms with Gasteiger partial charge in [-0.25, -0.2) is 13.8 Å². The van der Waals surface area contributed by atoms with E-state index in [0.29, 0.717) is 11.2 Å². The number of halogens is 1. The van der Waals surface area contributed by atoms with Crippen molar-refractivity contribution >= 4 is 33.1 Å². The van der Waals surface area contributed by atoms with Gasteiger partial charge in [-0.3, -0.25) is 14.2 Å². The maximum atomic E-state index is 14.3. The molecule has 0 aliphatic heterocycles. The fourth-order valence-corrected chi connectivity index (χ4v) is 4.08. The Morgan fingerprint density at radius 2 is 1.80 bits per heavy atom. The van der Waals surface area contributed by atoms with Crippen molar-refractivity contribution in [1.29, 1.82) is 0 Å². The third kappa shape index (κ3) is 3.57. The van der Waals surface area contributed by atoms with Crippen LogP contribution in [0.5, 0.6) is 0 Å². The van der Waals surface area contributed by atoms with Crippen molar-refractivity contribution in [2.45, 2.75) is 19.9 Å². The van der Waals surface area contributed by atoms with E-state index in [2.05, 4.69) is 5.32 Å². The number of fused-ring (bicyclic) bond motifs is 1. The molecule has 1 amide bonds. The van der Waals surface area contributed by atoms with Crippen LogP contribution in [0.2, 0.25) is 0 Å². The predicted molar refractivity (Wildman–Crippen MR) is 116 cm³/mol. The van der Waals surface area contributed by atoms with Crippen LogP contribution in [0.4, 0.5) is 10.1 Å². The van der Waals surface area contributed by atoms with Crippen molar-refractivity contribution in [1.82, 2.24) is 9.13 Å². The molecule has 8 heteroatoms. The van der Waals surface area contributed by atoms with Crippen LogP contribution in [-0.2, 0) is 17.8 Å². The highest BCUT2D eigenvalue weighted by molar-refractivity contribution is 7.17. The number of carbonyl (C=O) groups excluding carboxylic acids is 1. The third-order valence-electron chi connectivity index (χ3n) is 4.80. The molecule has 4 aromatic rings. The molecule has 2 aromatic heterocycles. The molecule has 0 aliphatic carbocycles. The molecule has 2 aromatic carbocycles. The first-order valence-corrected chi connectivity index (χ1v) is 10.2. The monoisotopic (exact) mass is 423 g/mol. The maximum Gasteiger partial charge on any atom is 0.336 e. The Bertz CT molecular complexity index is 1350. The van der Waals surface area contributed by atoms with Crippen molar-refractivity contribution in [2.24, 2.45) is 0 Å². The Labute approximate surface area is 174 Å². The Kier molecular flexibility index (Phi) is 5.33. The first-order valence-electron chi connectivity index (χ1n) is 9.36. The van der Waals surface area contributed by atoms with Crippen molar-refractivity contribution in [2.75, 3.05) is 5.32 Å². The highest BCUT2D eigenvalue weighted by Gasteiger charge is 2.19. The van der Waals surface area contributed by atoms with Gasteiger partial charge in [0.25, 0.3) is 5.56 Å².